The van der Waals surface area contributed by atoms with Gasteiger partial charge in [-0.3, -0.25) is 0 Å². The van der Waals surface area contributed by atoms with Gasteiger partial charge in [-0.15, -0.1) is 26.3 Å². The standard InChI is InChI=1S/2C24H23F.2C23H21F/c1-3-5-6-19-9-11-20(12-10-19)22-15-16-23(24(25)17-22)21-13-7-18(4-2)8-14-21;1-3-5-6-19-9-13-21(14-10-19)23-16-15-22(17-24(23)25)20-11-7-18(4-2)8-12-20;1-3-4-5-18-8-12-19(13-9-18)21-14-15-22(23(24)16-21)20-10-6-17(2)7-11-20;1-3-4-5-18-8-12-20(13-9-18)22-15-14-21(16-23(22)24)19-10-6-17(2)7-11-19/h2*3,7-17H,1,4-6H2,2H3;2*3,6-16H,1,4-5H2,2H3. The van der Waals surface area contributed by atoms with Gasteiger partial charge in [0.25, 0.3) is 0 Å². The molecule has 0 aliphatic heterocycles. The maximum absolute atomic E-state index is 14.7. The van der Waals surface area contributed by atoms with Gasteiger partial charge in [0.2, 0.25) is 0 Å². The zero-order chi connectivity index (χ0) is 69.2. The predicted molar refractivity (Wildman–Crippen MR) is 411 cm³/mol. The minimum Gasteiger partial charge on any atom is -0.206 e. The third-order valence-corrected chi connectivity index (χ3v) is 17.6. The Hall–Kier alpha value is -10.7. The lowest BCUT2D eigenvalue weighted by molar-refractivity contribution is 0.631. The number of benzene rings is 12. The van der Waals surface area contributed by atoms with Crippen LogP contribution in [0.4, 0.5) is 17.6 Å². The lowest BCUT2D eigenvalue weighted by Gasteiger charge is -2.08. The van der Waals surface area contributed by atoms with Gasteiger partial charge in [-0.1, -0.05) is 292 Å². The van der Waals surface area contributed by atoms with Crippen LogP contribution in [0, 0.1) is 37.1 Å². The van der Waals surface area contributed by atoms with Gasteiger partial charge in [-0.2, -0.15) is 0 Å². The average molecular weight is 1290 g/mol. The van der Waals surface area contributed by atoms with Crippen molar-refractivity contribution in [3.05, 3.63) is 385 Å². The van der Waals surface area contributed by atoms with Crippen molar-refractivity contribution in [2.24, 2.45) is 0 Å². The Morgan fingerprint density at radius 1 is 0.224 bits per heavy atom. The Kier molecular flexibility index (Phi) is 26.6. The van der Waals surface area contributed by atoms with E-state index in [9.17, 15) is 17.6 Å². The second-order valence-electron chi connectivity index (χ2n) is 24.7. The summed E-state index contributed by atoms with van der Waals surface area (Å²) >= 11 is 0. The highest BCUT2D eigenvalue weighted by Gasteiger charge is 2.13. The first-order valence-electron chi connectivity index (χ1n) is 34.1. The first-order valence-corrected chi connectivity index (χ1v) is 34.1. The molecule has 0 saturated carbocycles. The van der Waals surface area contributed by atoms with Crippen molar-refractivity contribution in [1.29, 1.82) is 0 Å². The van der Waals surface area contributed by atoms with Gasteiger partial charge in [0.05, 0.1) is 0 Å². The Morgan fingerprint density at radius 2 is 0.398 bits per heavy atom. The molecule has 12 rings (SSSR count). The van der Waals surface area contributed by atoms with Gasteiger partial charge in [0.1, 0.15) is 23.3 Å². The molecule has 0 unspecified atom stereocenters. The average Bonchev–Trinajstić information content (AvgIpc) is 0.881. The highest BCUT2D eigenvalue weighted by atomic mass is 19.1. The third kappa shape index (κ3) is 20.2. The SMILES string of the molecule is C=CCCc1ccc(-c2ccc(-c3ccc(C)cc3)c(F)c2)cc1.C=CCCc1ccc(-c2ccc(-c3ccc(C)cc3)cc2F)cc1.C=CCCc1ccc(-c2ccc(-c3ccc(CC)cc3)c(F)c2)cc1.C=CCCc1ccc(-c2ccc(-c3ccc(CC)cc3)cc2F)cc1. The molecule has 0 saturated heterocycles. The number of halogens is 4. The molecule has 492 valence electrons. The van der Waals surface area contributed by atoms with Crippen molar-refractivity contribution in [3.63, 3.8) is 0 Å². The molecule has 0 aliphatic rings. The van der Waals surface area contributed by atoms with E-state index in [2.05, 4.69) is 149 Å². The summed E-state index contributed by atoms with van der Waals surface area (Å²) < 4.78 is 58.4. The molecule has 0 radical (unpaired) electrons. The van der Waals surface area contributed by atoms with Crippen LogP contribution in [0.3, 0.4) is 0 Å². The van der Waals surface area contributed by atoms with Crippen molar-refractivity contribution in [2.45, 2.75) is 91.9 Å². The van der Waals surface area contributed by atoms with E-state index < -0.39 is 0 Å². The van der Waals surface area contributed by atoms with Crippen LogP contribution in [-0.4, -0.2) is 0 Å². The largest absolute Gasteiger partial charge is 0.206 e. The number of hydrogen-bond donors (Lipinski definition) is 0. The maximum atomic E-state index is 14.7. The zero-order valence-electron chi connectivity index (χ0n) is 57.1. The topological polar surface area (TPSA) is 0 Å². The van der Waals surface area contributed by atoms with Gasteiger partial charge < -0.3 is 0 Å². The maximum Gasteiger partial charge on any atom is 0.131 e. The minimum absolute atomic E-state index is 0.183. The molecule has 0 fully saturated rings. The summed E-state index contributed by atoms with van der Waals surface area (Å²) in [5.41, 5.74) is 23.9. The zero-order valence-corrected chi connectivity index (χ0v) is 57.1. The van der Waals surface area contributed by atoms with E-state index in [-0.39, 0.29) is 23.3 Å². The number of rotatable bonds is 22. The molecule has 12 aromatic rings. The molecule has 0 bridgehead atoms. The van der Waals surface area contributed by atoms with Crippen molar-refractivity contribution in [2.75, 3.05) is 0 Å². The van der Waals surface area contributed by atoms with Crippen LogP contribution in [0.1, 0.15) is 84.0 Å². The van der Waals surface area contributed by atoms with Crippen LogP contribution in [-0.2, 0) is 38.5 Å². The molecule has 0 atom stereocenters. The van der Waals surface area contributed by atoms with Crippen molar-refractivity contribution in [1.82, 2.24) is 0 Å². The van der Waals surface area contributed by atoms with E-state index in [1.807, 2.05) is 172 Å². The molecule has 0 aromatic heterocycles. The molecule has 0 aliphatic carbocycles. The normalized spacial score (nSPS) is 10.6. The smallest absolute Gasteiger partial charge is 0.131 e. The van der Waals surface area contributed by atoms with Gasteiger partial charge >= 0.3 is 0 Å². The van der Waals surface area contributed by atoms with Crippen LogP contribution in [0.15, 0.2) is 318 Å². The number of hydrogen-bond acceptors (Lipinski definition) is 0. The minimum atomic E-state index is -0.188. The van der Waals surface area contributed by atoms with Gasteiger partial charge in [0, 0.05) is 22.3 Å². The van der Waals surface area contributed by atoms with Crippen LogP contribution in [0.5, 0.6) is 0 Å². The molecular formula is C94H88F4. The van der Waals surface area contributed by atoms with E-state index in [1.54, 1.807) is 24.3 Å². The van der Waals surface area contributed by atoms with Crippen LogP contribution in [0.2, 0.25) is 0 Å². The first-order chi connectivity index (χ1) is 47.8. The van der Waals surface area contributed by atoms with E-state index in [0.717, 1.165) is 131 Å². The van der Waals surface area contributed by atoms with Gasteiger partial charge in [-0.25, -0.2) is 17.6 Å². The predicted octanol–water partition coefficient (Wildman–Crippen LogP) is 26.9. The molecule has 12 aromatic carbocycles. The van der Waals surface area contributed by atoms with Crippen LogP contribution >= 0.6 is 0 Å². The third-order valence-electron chi connectivity index (χ3n) is 17.6. The summed E-state index contributed by atoms with van der Waals surface area (Å²) in [5, 5.41) is 0. The fourth-order valence-electron chi connectivity index (χ4n) is 11.6. The molecule has 0 spiro atoms. The molecular weight excluding hydrogens is 1210 g/mol. The van der Waals surface area contributed by atoms with Gasteiger partial charge in [0.15, 0.2) is 0 Å². The Labute approximate surface area is 580 Å². The first kappa shape index (κ1) is 71.6. The van der Waals surface area contributed by atoms with E-state index in [4.69, 9.17) is 0 Å². The number of aryl methyl sites for hydroxylation is 8. The molecule has 98 heavy (non-hydrogen) atoms. The molecule has 0 amide bonds. The Morgan fingerprint density at radius 3 is 0.592 bits per heavy atom. The lowest BCUT2D eigenvalue weighted by Crippen LogP contribution is -1.89. The molecule has 4 heteroatoms. The van der Waals surface area contributed by atoms with E-state index in [1.165, 1.54) is 44.5 Å². The summed E-state index contributed by atoms with van der Waals surface area (Å²) in [6, 6.07) is 87.3. The van der Waals surface area contributed by atoms with Crippen molar-refractivity contribution in [3.8, 4) is 89.0 Å². The summed E-state index contributed by atoms with van der Waals surface area (Å²) in [4.78, 5) is 0. The van der Waals surface area contributed by atoms with E-state index >= 15 is 0 Å². The second-order valence-corrected chi connectivity index (χ2v) is 24.7. The second kappa shape index (κ2) is 36.4. The van der Waals surface area contributed by atoms with E-state index in [0.29, 0.717) is 22.3 Å². The van der Waals surface area contributed by atoms with Gasteiger partial charge in [-0.05, 0) is 202 Å². The number of allylic oxidation sites excluding steroid dienone is 4. The lowest BCUT2D eigenvalue weighted by atomic mass is 9.97. The van der Waals surface area contributed by atoms with Crippen LogP contribution < -0.4 is 0 Å². The fraction of sp³-hybridized carbons (Fsp3) is 0.149. The Bertz CT molecular complexity index is 4520. The van der Waals surface area contributed by atoms with Crippen LogP contribution in [0.25, 0.3) is 89.0 Å². The van der Waals surface area contributed by atoms with Crippen molar-refractivity contribution >= 4 is 0 Å². The summed E-state index contributed by atoms with van der Waals surface area (Å²) in [6.45, 7) is 23.3. The molecule has 0 heterocycles. The molecule has 0 N–H and O–H groups in total. The summed E-state index contributed by atoms with van der Waals surface area (Å²) in [6.07, 6.45) is 17.5. The highest BCUT2D eigenvalue weighted by molar-refractivity contribution is 5.75. The molecule has 0 nitrogen and oxygen atoms in total. The monoisotopic (exact) mass is 1290 g/mol. The van der Waals surface area contributed by atoms with Crippen molar-refractivity contribution < 1.29 is 17.6 Å². The summed E-state index contributed by atoms with van der Waals surface area (Å²) in [5.74, 6) is -0.743. The highest BCUT2D eigenvalue weighted by Crippen LogP contribution is 2.34. The fourth-order valence-corrected chi connectivity index (χ4v) is 11.6. The summed E-state index contributed by atoms with van der Waals surface area (Å²) in [7, 11) is 0. The quantitative estimate of drug-likeness (QED) is 0.0469. The Balaban J connectivity index is 0.000000153.